The summed E-state index contributed by atoms with van der Waals surface area (Å²) in [5.41, 5.74) is 0. The highest BCUT2D eigenvalue weighted by Crippen LogP contribution is 2.25. The summed E-state index contributed by atoms with van der Waals surface area (Å²) in [6, 6.07) is 1.48. The molecule has 1 aliphatic rings. The van der Waals surface area contributed by atoms with Crippen molar-refractivity contribution < 1.29 is 0 Å². The summed E-state index contributed by atoms with van der Waals surface area (Å²) in [4.78, 5) is 2.75. The van der Waals surface area contributed by atoms with Crippen LogP contribution in [0.2, 0.25) is 0 Å². The maximum atomic E-state index is 3.76. The lowest BCUT2D eigenvalue weighted by molar-refractivity contribution is 0.136. The molecule has 1 saturated carbocycles. The van der Waals surface area contributed by atoms with Crippen LogP contribution in [0.1, 0.15) is 52.9 Å². The summed E-state index contributed by atoms with van der Waals surface area (Å²) in [7, 11) is 0. The number of hydrogen-bond donors (Lipinski definition) is 1. The molecule has 1 fully saturated rings. The summed E-state index contributed by atoms with van der Waals surface area (Å²) < 4.78 is 0. The predicted molar refractivity (Wildman–Crippen MR) is 80.9 cm³/mol. The van der Waals surface area contributed by atoms with Crippen molar-refractivity contribution in [1.29, 1.82) is 0 Å². The van der Waals surface area contributed by atoms with E-state index in [4.69, 9.17) is 0 Å². The van der Waals surface area contributed by atoms with Crippen molar-refractivity contribution in [2.45, 2.75) is 65.0 Å². The summed E-state index contributed by atoms with van der Waals surface area (Å²) >= 11 is 0. The molecule has 0 spiro atoms. The third kappa shape index (κ3) is 5.53. The average molecular weight is 252 g/mol. The molecule has 0 bridgehead atoms. The van der Waals surface area contributed by atoms with Crippen LogP contribution in [0, 0.1) is 5.92 Å². The maximum absolute atomic E-state index is 3.76. The van der Waals surface area contributed by atoms with Gasteiger partial charge in [0.05, 0.1) is 0 Å². The van der Waals surface area contributed by atoms with Gasteiger partial charge in [-0.1, -0.05) is 32.8 Å². The minimum atomic E-state index is 0.645. The fraction of sp³-hybridized carbons (Fsp3) is 0.875. The SMILES string of the molecule is C=CCNCC(C)N(CCC(C)C)C1CCCC1. The van der Waals surface area contributed by atoms with Gasteiger partial charge >= 0.3 is 0 Å². The minimum absolute atomic E-state index is 0.645. The van der Waals surface area contributed by atoms with Crippen molar-refractivity contribution in [2.75, 3.05) is 19.6 Å². The molecular formula is C16H32N2. The average Bonchev–Trinajstić information content (AvgIpc) is 2.83. The first-order chi connectivity index (χ1) is 8.65. The second-order valence-electron chi connectivity index (χ2n) is 6.15. The van der Waals surface area contributed by atoms with E-state index in [2.05, 4.69) is 37.6 Å². The Morgan fingerprint density at radius 1 is 1.28 bits per heavy atom. The quantitative estimate of drug-likeness (QED) is 0.499. The van der Waals surface area contributed by atoms with Crippen molar-refractivity contribution in [3.05, 3.63) is 12.7 Å². The molecule has 18 heavy (non-hydrogen) atoms. The summed E-state index contributed by atoms with van der Waals surface area (Å²) in [5.74, 6) is 0.808. The van der Waals surface area contributed by atoms with Gasteiger partial charge in [0.2, 0.25) is 0 Å². The molecule has 1 unspecified atom stereocenters. The second-order valence-corrected chi connectivity index (χ2v) is 6.15. The molecule has 0 aliphatic heterocycles. The van der Waals surface area contributed by atoms with Gasteiger partial charge in [0, 0.05) is 25.2 Å². The van der Waals surface area contributed by atoms with E-state index in [1.54, 1.807) is 0 Å². The minimum Gasteiger partial charge on any atom is -0.312 e. The Morgan fingerprint density at radius 2 is 1.94 bits per heavy atom. The third-order valence-electron chi connectivity index (χ3n) is 4.05. The highest BCUT2D eigenvalue weighted by molar-refractivity contribution is 4.83. The zero-order valence-corrected chi connectivity index (χ0v) is 12.6. The first-order valence-electron chi connectivity index (χ1n) is 7.72. The lowest BCUT2D eigenvalue weighted by atomic mass is 10.1. The molecule has 0 saturated heterocycles. The summed E-state index contributed by atoms with van der Waals surface area (Å²) in [5, 5.41) is 3.47. The third-order valence-corrected chi connectivity index (χ3v) is 4.05. The van der Waals surface area contributed by atoms with Crippen molar-refractivity contribution in [2.24, 2.45) is 5.92 Å². The Morgan fingerprint density at radius 3 is 2.50 bits per heavy atom. The van der Waals surface area contributed by atoms with Gasteiger partial charge in [0.15, 0.2) is 0 Å². The normalized spacial score (nSPS) is 18.7. The standard InChI is InChI=1S/C16H32N2/c1-5-11-17-13-15(4)18(12-10-14(2)3)16-8-6-7-9-16/h5,14-17H,1,6-13H2,2-4H3. The van der Waals surface area contributed by atoms with Crippen molar-refractivity contribution in [1.82, 2.24) is 10.2 Å². The van der Waals surface area contributed by atoms with Crippen LogP contribution in [0.25, 0.3) is 0 Å². The molecular weight excluding hydrogens is 220 g/mol. The van der Waals surface area contributed by atoms with Crippen LogP contribution in [-0.2, 0) is 0 Å². The number of rotatable bonds is 9. The molecule has 1 atom stereocenters. The number of hydrogen-bond acceptors (Lipinski definition) is 2. The molecule has 0 heterocycles. The Balaban J connectivity index is 2.43. The second kappa shape index (κ2) is 8.71. The summed E-state index contributed by atoms with van der Waals surface area (Å²) in [6.07, 6.45) is 8.93. The van der Waals surface area contributed by atoms with Crippen LogP contribution < -0.4 is 5.32 Å². The van der Waals surface area contributed by atoms with Crippen LogP contribution >= 0.6 is 0 Å². The van der Waals surface area contributed by atoms with E-state index >= 15 is 0 Å². The Bertz CT molecular complexity index is 219. The smallest absolute Gasteiger partial charge is 0.0195 e. The Kier molecular flexibility index (Phi) is 7.60. The summed E-state index contributed by atoms with van der Waals surface area (Å²) in [6.45, 7) is 14.1. The zero-order chi connectivity index (χ0) is 13.4. The van der Waals surface area contributed by atoms with Crippen molar-refractivity contribution in [3.63, 3.8) is 0 Å². The van der Waals surface area contributed by atoms with Crippen LogP contribution in [0.15, 0.2) is 12.7 Å². The van der Waals surface area contributed by atoms with Crippen LogP contribution in [0.5, 0.6) is 0 Å². The predicted octanol–water partition coefficient (Wildman–Crippen LogP) is 3.44. The van der Waals surface area contributed by atoms with Crippen LogP contribution in [0.3, 0.4) is 0 Å². The lowest BCUT2D eigenvalue weighted by Crippen LogP contribution is -2.46. The largest absolute Gasteiger partial charge is 0.312 e. The van der Waals surface area contributed by atoms with Crippen LogP contribution in [0.4, 0.5) is 0 Å². The fourth-order valence-electron chi connectivity index (χ4n) is 2.92. The van der Waals surface area contributed by atoms with Gasteiger partial charge in [-0.2, -0.15) is 0 Å². The molecule has 2 nitrogen and oxygen atoms in total. The molecule has 106 valence electrons. The van der Waals surface area contributed by atoms with Gasteiger partial charge in [-0.15, -0.1) is 6.58 Å². The van der Waals surface area contributed by atoms with Crippen LogP contribution in [-0.4, -0.2) is 36.6 Å². The van der Waals surface area contributed by atoms with Gasteiger partial charge in [-0.3, -0.25) is 4.90 Å². The highest BCUT2D eigenvalue weighted by Gasteiger charge is 2.25. The molecule has 0 amide bonds. The molecule has 1 N–H and O–H groups in total. The van der Waals surface area contributed by atoms with Crippen molar-refractivity contribution >= 4 is 0 Å². The first kappa shape index (κ1) is 15.7. The van der Waals surface area contributed by atoms with E-state index in [0.717, 1.165) is 25.0 Å². The number of nitrogens with one attached hydrogen (secondary N) is 1. The van der Waals surface area contributed by atoms with E-state index in [1.807, 2.05) is 6.08 Å². The zero-order valence-electron chi connectivity index (χ0n) is 12.6. The molecule has 0 aromatic heterocycles. The van der Waals surface area contributed by atoms with Crippen molar-refractivity contribution in [3.8, 4) is 0 Å². The Labute approximate surface area is 114 Å². The van der Waals surface area contributed by atoms with E-state index in [0.29, 0.717) is 6.04 Å². The van der Waals surface area contributed by atoms with E-state index in [9.17, 15) is 0 Å². The van der Waals surface area contributed by atoms with Gasteiger partial charge in [0.1, 0.15) is 0 Å². The Hall–Kier alpha value is -0.340. The molecule has 0 aromatic carbocycles. The topological polar surface area (TPSA) is 15.3 Å². The van der Waals surface area contributed by atoms with E-state index < -0.39 is 0 Å². The molecule has 1 rings (SSSR count). The number of nitrogens with zero attached hydrogens (tertiary/aromatic N) is 1. The van der Waals surface area contributed by atoms with Gasteiger partial charge in [-0.05, 0) is 38.6 Å². The molecule has 0 radical (unpaired) electrons. The lowest BCUT2D eigenvalue weighted by Gasteiger charge is -2.35. The first-order valence-corrected chi connectivity index (χ1v) is 7.72. The maximum Gasteiger partial charge on any atom is 0.0195 e. The van der Waals surface area contributed by atoms with E-state index in [1.165, 1.54) is 38.6 Å². The molecule has 0 aromatic rings. The molecule has 1 aliphatic carbocycles. The van der Waals surface area contributed by atoms with Gasteiger partial charge < -0.3 is 5.32 Å². The van der Waals surface area contributed by atoms with Gasteiger partial charge in [0.25, 0.3) is 0 Å². The highest BCUT2D eigenvalue weighted by atomic mass is 15.2. The fourth-order valence-corrected chi connectivity index (χ4v) is 2.92. The molecule has 2 heteroatoms. The monoisotopic (exact) mass is 252 g/mol. The van der Waals surface area contributed by atoms with Gasteiger partial charge in [-0.25, -0.2) is 0 Å². The van der Waals surface area contributed by atoms with E-state index in [-0.39, 0.29) is 0 Å².